The Hall–Kier alpha value is -3.77. The van der Waals surface area contributed by atoms with Crippen molar-refractivity contribution in [2.75, 3.05) is 13.1 Å². The van der Waals surface area contributed by atoms with E-state index in [0.717, 1.165) is 38.2 Å². The van der Waals surface area contributed by atoms with Crippen LogP contribution in [0.25, 0.3) is 0 Å². The van der Waals surface area contributed by atoms with E-state index in [9.17, 15) is 36.7 Å². The van der Waals surface area contributed by atoms with Crippen LogP contribution in [0, 0.1) is 19.7 Å². The normalized spacial score (nSPS) is 18.0. The van der Waals surface area contributed by atoms with Gasteiger partial charge in [0.1, 0.15) is 11.4 Å². The fraction of sp³-hybridized carbons (Fsp3) is 0.536. The second-order valence-electron chi connectivity index (χ2n) is 11.0. The van der Waals surface area contributed by atoms with E-state index in [-0.39, 0.29) is 46.6 Å². The van der Waals surface area contributed by atoms with Crippen LogP contribution in [0.15, 0.2) is 23.0 Å². The number of halogens is 4. The standard InChI is InChI=1S/C28H32F4N4O5/c1-16-17(2)23(37)36(41-26(40)28(30,31)32)33-22(16)15-18-10-11-21(29)20(14-18)24(38)35-13-12-34(25(39)27(35,3)4)19-8-6-5-7-9-19/h10-11,14,19H,5-9,12-13,15H2,1-4H3. The van der Waals surface area contributed by atoms with Crippen LogP contribution in [0.3, 0.4) is 0 Å². The molecular weight excluding hydrogens is 548 g/mol. The van der Waals surface area contributed by atoms with Gasteiger partial charge in [0.15, 0.2) is 0 Å². The van der Waals surface area contributed by atoms with Crippen LogP contribution in [0.2, 0.25) is 0 Å². The van der Waals surface area contributed by atoms with E-state index >= 15 is 0 Å². The van der Waals surface area contributed by atoms with Crippen LogP contribution < -0.4 is 10.4 Å². The second kappa shape index (κ2) is 11.2. The minimum Gasteiger partial charge on any atom is -0.336 e. The number of aromatic nitrogens is 2. The first kappa shape index (κ1) is 30.2. The summed E-state index contributed by atoms with van der Waals surface area (Å²) in [6.45, 7) is 6.72. The minimum atomic E-state index is -5.34. The number of amides is 2. The van der Waals surface area contributed by atoms with Crippen molar-refractivity contribution in [3.8, 4) is 0 Å². The van der Waals surface area contributed by atoms with Crippen LogP contribution in [0.4, 0.5) is 17.6 Å². The highest BCUT2D eigenvalue weighted by Crippen LogP contribution is 2.31. The van der Waals surface area contributed by atoms with E-state index in [1.807, 2.05) is 4.90 Å². The largest absolute Gasteiger partial charge is 0.493 e. The number of rotatable bonds is 5. The van der Waals surface area contributed by atoms with Gasteiger partial charge in [0.05, 0.1) is 11.3 Å². The Balaban J connectivity index is 1.60. The summed E-state index contributed by atoms with van der Waals surface area (Å²) >= 11 is 0. The van der Waals surface area contributed by atoms with Crippen molar-refractivity contribution in [1.82, 2.24) is 19.7 Å². The van der Waals surface area contributed by atoms with Gasteiger partial charge in [0, 0.05) is 31.1 Å². The maximum absolute atomic E-state index is 15.0. The molecule has 0 N–H and O–H groups in total. The summed E-state index contributed by atoms with van der Waals surface area (Å²) < 4.78 is 53.0. The molecule has 4 rings (SSSR count). The van der Waals surface area contributed by atoms with Gasteiger partial charge in [-0.2, -0.15) is 13.2 Å². The molecule has 13 heteroatoms. The van der Waals surface area contributed by atoms with Crippen LogP contribution >= 0.6 is 0 Å². The van der Waals surface area contributed by atoms with Gasteiger partial charge in [-0.05, 0) is 68.6 Å². The molecule has 9 nitrogen and oxygen atoms in total. The molecule has 1 aromatic carbocycles. The van der Waals surface area contributed by atoms with Gasteiger partial charge in [-0.25, -0.2) is 9.18 Å². The molecule has 222 valence electrons. The summed E-state index contributed by atoms with van der Waals surface area (Å²) in [5.41, 5.74) is -1.75. The first-order valence-corrected chi connectivity index (χ1v) is 13.4. The monoisotopic (exact) mass is 580 g/mol. The number of alkyl halides is 3. The Labute approximate surface area is 234 Å². The molecule has 2 amide bonds. The van der Waals surface area contributed by atoms with Gasteiger partial charge in [-0.3, -0.25) is 14.4 Å². The topological polar surface area (TPSA) is 102 Å². The highest BCUT2D eigenvalue weighted by atomic mass is 19.4. The van der Waals surface area contributed by atoms with Gasteiger partial charge in [0.25, 0.3) is 5.91 Å². The van der Waals surface area contributed by atoms with Crippen LogP contribution in [-0.4, -0.2) is 68.4 Å². The lowest BCUT2D eigenvalue weighted by Crippen LogP contribution is -2.66. The zero-order valence-corrected chi connectivity index (χ0v) is 23.3. The molecule has 1 aliphatic heterocycles. The molecule has 2 fully saturated rings. The Bertz CT molecular complexity index is 1430. The fourth-order valence-electron chi connectivity index (χ4n) is 5.45. The minimum absolute atomic E-state index is 0.000477. The van der Waals surface area contributed by atoms with Gasteiger partial charge >= 0.3 is 17.7 Å². The van der Waals surface area contributed by atoms with E-state index in [1.165, 1.54) is 30.9 Å². The molecule has 0 radical (unpaired) electrons. The smallest absolute Gasteiger partial charge is 0.336 e. The summed E-state index contributed by atoms with van der Waals surface area (Å²) in [6, 6.07) is 3.87. The van der Waals surface area contributed by atoms with Gasteiger partial charge in [-0.15, -0.1) is 5.10 Å². The molecule has 0 spiro atoms. The Morgan fingerprint density at radius 2 is 1.71 bits per heavy atom. The van der Waals surface area contributed by atoms with Gasteiger partial charge in [-0.1, -0.05) is 25.3 Å². The molecule has 0 bridgehead atoms. The van der Waals surface area contributed by atoms with Crippen LogP contribution in [-0.2, 0) is 16.0 Å². The molecule has 1 aromatic heterocycles. The van der Waals surface area contributed by atoms with E-state index in [4.69, 9.17) is 0 Å². The third-order valence-electron chi connectivity index (χ3n) is 8.02. The molecule has 0 unspecified atom stereocenters. The summed E-state index contributed by atoms with van der Waals surface area (Å²) in [5, 5.41) is 3.78. The highest BCUT2D eigenvalue weighted by molar-refractivity contribution is 6.00. The van der Waals surface area contributed by atoms with Crippen molar-refractivity contribution in [2.45, 2.75) is 84.0 Å². The zero-order valence-electron chi connectivity index (χ0n) is 23.3. The number of carbonyl (C=O) groups is 3. The summed E-state index contributed by atoms with van der Waals surface area (Å²) in [4.78, 5) is 58.0. The van der Waals surface area contributed by atoms with Crippen LogP contribution in [0.1, 0.15) is 78.7 Å². The third kappa shape index (κ3) is 5.98. The van der Waals surface area contributed by atoms with Crippen molar-refractivity contribution in [3.63, 3.8) is 0 Å². The third-order valence-corrected chi connectivity index (χ3v) is 8.02. The van der Waals surface area contributed by atoms with E-state index in [1.54, 1.807) is 13.8 Å². The number of carbonyl (C=O) groups excluding carboxylic acids is 3. The maximum Gasteiger partial charge on any atom is 0.493 e. The van der Waals surface area contributed by atoms with Crippen molar-refractivity contribution in [1.29, 1.82) is 0 Å². The average molecular weight is 581 g/mol. The van der Waals surface area contributed by atoms with E-state index in [2.05, 4.69) is 9.94 Å². The molecule has 1 saturated heterocycles. The lowest BCUT2D eigenvalue weighted by atomic mass is 9.89. The Morgan fingerprint density at radius 3 is 2.34 bits per heavy atom. The van der Waals surface area contributed by atoms with Crippen LogP contribution in [0.5, 0.6) is 0 Å². The SMILES string of the molecule is Cc1c(Cc2ccc(F)c(C(=O)N3CCN(C4CCCCC4)C(=O)C3(C)C)c2)nn(OC(=O)C(F)(F)F)c(=O)c1C. The summed E-state index contributed by atoms with van der Waals surface area (Å²) in [7, 11) is 0. The Morgan fingerprint density at radius 1 is 1.05 bits per heavy atom. The molecule has 41 heavy (non-hydrogen) atoms. The van der Waals surface area contributed by atoms with Crippen molar-refractivity contribution in [3.05, 3.63) is 62.3 Å². The molecule has 1 saturated carbocycles. The lowest BCUT2D eigenvalue weighted by molar-refractivity contribution is -0.202. The van der Waals surface area contributed by atoms with Gasteiger partial charge in [0.2, 0.25) is 5.91 Å². The second-order valence-corrected chi connectivity index (χ2v) is 11.0. The summed E-state index contributed by atoms with van der Waals surface area (Å²) in [5.74, 6) is -4.28. The maximum atomic E-state index is 15.0. The molecule has 2 aliphatic rings. The quantitative estimate of drug-likeness (QED) is 0.502. The number of hydrogen-bond donors (Lipinski definition) is 0. The number of piperazine rings is 1. The zero-order chi connectivity index (χ0) is 30.3. The van der Waals surface area contributed by atoms with Crippen molar-refractivity contribution >= 4 is 17.8 Å². The fourth-order valence-corrected chi connectivity index (χ4v) is 5.45. The molecule has 2 heterocycles. The first-order valence-electron chi connectivity index (χ1n) is 13.4. The average Bonchev–Trinajstić information content (AvgIpc) is 2.92. The number of nitrogens with zero attached hydrogens (tertiary/aromatic N) is 4. The molecular formula is C28H32F4N4O5. The number of hydrogen-bond acceptors (Lipinski definition) is 6. The van der Waals surface area contributed by atoms with E-state index in [0.29, 0.717) is 17.7 Å². The van der Waals surface area contributed by atoms with E-state index < -0.39 is 35.0 Å². The lowest BCUT2D eigenvalue weighted by Gasteiger charge is -2.49. The number of benzene rings is 1. The molecule has 2 aromatic rings. The van der Waals surface area contributed by atoms with Crippen molar-refractivity contribution < 1.29 is 36.8 Å². The predicted octanol–water partition coefficient (Wildman–Crippen LogP) is 3.50. The predicted molar refractivity (Wildman–Crippen MR) is 139 cm³/mol. The Kier molecular flexibility index (Phi) is 8.28. The van der Waals surface area contributed by atoms with Gasteiger partial charge < -0.3 is 14.6 Å². The van der Waals surface area contributed by atoms with Crippen molar-refractivity contribution in [2.24, 2.45) is 0 Å². The molecule has 0 atom stereocenters. The molecule has 1 aliphatic carbocycles. The first-order chi connectivity index (χ1) is 19.1. The highest BCUT2D eigenvalue weighted by Gasteiger charge is 2.46. The summed E-state index contributed by atoms with van der Waals surface area (Å²) in [6.07, 6.45) is -0.393.